The number of hydrogen-bond acceptors (Lipinski definition) is 5. The van der Waals surface area contributed by atoms with Crippen molar-refractivity contribution in [3.05, 3.63) is 54.0 Å². The molecule has 1 saturated heterocycles. The fourth-order valence-corrected chi connectivity index (χ4v) is 3.72. The molecule has 1 aliphatic heterocycles. The number of carbonyl (C=O) groups is 1. The van der Waals surface area contributed by atoms with Crippen LogP contribution in [-0.2, 0) is 6.54 Å². The molecule has 1 N–H and O–H groups in total. The summed E-state index contributed by atoms with van der Waals surface area (Å²) in [6.07, 6.45) is 1.36. The van der Waals surface area contributed by atoms with Gasteiger partial charge in [0.2, 0.25) is 0 Å². The molecule has 5 nitrogen and oxygen atoms in total. The van der Waals surface area contributed by atoms with Gasteiger partial charge in [-0.15, -0.1) is 0 Å². The largest absolute Gasteiger partial charge is 0.489 e. The van der Waals surface area contributed by atoms with E-state index in [0.29, 0.717) is 12.3 Å². The number of nitrogens with zero attached hydrogens (tertiary/aromatic N) is 1. The summed E-state index contributed by atoms with van der Waals surface area (Å²) in [6, 6.07) is 11.5. The zero-order valence-electron chi connectivity index (χ0n) is 14.4. The summed E-state index contributed by atoms with van der Waals surface area (Å²) in [5, 5.41) is 2.82. The van der Waals surface area contributed by atoms with Crippen molar-refractivity contribution in [3.8, 4) is 5.75 Å². The van der Waals surface area contributed by atoms with Crippen LogP contribution in [-0.4, -0.2) is 48.1 Å². The lowest BCUT2D eigenvalue weighted by atomic mass is 10.2. The minimum absolute atomic E-state index is 0.124. The van der Waals surface area contributed by atoms with E-state index in [2.05, 4.69) is 22.3 Å². The van der Waals surface area contributed by atoms with E-state index in [1.54, 1.807) is 12.1 Å². The molecule has 1 atom stereocenters. The topological polar surface area (TPSA) is 54.7 Å². The lowest BCUT2D eigenvalue weighted by Gasteiger charge is -2.26. The highest BCUT2D eigenvalue weighted by molar-refractivity contribution is 7.99. The minimum Gasteiger partial charge on any atom is -0.489 e. The third-order valence-electron chi connectivity index (χ3n) is 4.04. The highest BCUT2D eigenvalue weighted by atomic mass is 32.2. The van der Waals surface area contributed by atoms with Gasteiger partial charge in [0.15, 0.2) is 5.76 Å². The van der Waals surface area contributed by atoms with Crippen molar-refractivity contribution in [3.63, 3.8) is 0 Å². The van der Waals surface area contributed by atoms with E-state index < -0.39 is 0 Å². The Bertz CT molecular complexity index is 669. The number of furan rings is 1. The highest BCUT2D eigenvalue weighted by Gasteiger charge is 2.13. The number of carbonyl (C=O) groups excluding carboxylic acids is 1. The number of ether oxygens (including phenoxy) is 1. The molecule has 1 aromatic heterocycles. The molecule has 0 radical (unpaired) electrons. The van der Waals surface area contributed by atoms with E-state index >= 15 is 0 Å². The number of thioether (sulfide) groups is 1. The molecule has 2 heterocycles. The van der Waals surface area contributed by atoms with Gasteiger partial charge in [-0.05, 0) is 36.8 Å². The van der Waals surface area contributed by atoms with E-state index in [9.17, 15) is 4.79 Å². The van der Waals surface area contributed by atoms with Gasteiger partial charge in [-0.2, -0.15) is 11.8 Å². The number of benzene rings is 1. The maximum atomic E-state index is 11.9. The molecule has 1 aromatic carbocycles. The molecule has 1 aliphatic rings. The average Bonchev–Trinajstić information content (AvgIpc) is 3.16. The summed E-state index contributed by atoms with van der Waals surface area (Å²) < 4.78 is 11.0. The van der Waals surface area contributed by atoms with E-state index in [0.717, 1.165) is 25.4 Å². The van der Waals surface area contributed by atoms with E-state index in [-0.39, 0.29) is 12.0 Å². The molecule has 0 unspecified atom stereocenters. The normalized spacial score (nSPS) is 16.4. The summed E-state index contributed by atoms with van der Waals surface area (Å²) in [5.41, 5.74) is 1.26. The van der Waals surface area contributed by atoms with E-state index in [1.165, 1.54) is 23.3 Å². The third kappa shape index (κ3) is 5.54. The van der Waals surface area contributed by atoms with Gasteiger partial charge in [-0.1, -0.05) is 12.1 Å². The molecule has 0 saturated carbocycles. The van der Waals surface area contributed by atoms with Crippen LogP contribution < -0.4 is 10.1 Å². The van der Waals surface area contributed by atoms with Crippen LogP contribution in [0, 0.1) is 0 Å². The summed E-state index contributed by atoms with van der Waals surface area (Å²) >= 11 is 2.02. The van der Waals surface area contributed by atoms with Crippen LogP contribution in [0.3, 0.4) is 0 Å². The van der Waals surface area contributed by atoms with E-state index in [1.807, 2.05) is 30.8 Å². The standard InChI is InChI=1S/C19H24N2O3S/c1-15(13-20-19(22)18-6-3-9-23-18)24-17-5-2-4-16(12-17)14-21-7-10-25-11-8-21/h2-6,9,12,15H,7-8,10-11,13-14H2,1H3,(H,20,22)/t15-/m1/s1. The van der Waals surface area contributed by atoms with Crippen molar-refractivity contribution < 1.29 is 13.9 Å². The fourth-order valence-electron chi connectivity index (χ4n) is 2.74. The fraction of sp³-hybridized carbons (Fsp3) is 0.421. The van der Waals surface area contributed by atoms with Gasteiger partial charge in [0.1, 0.15) is 11.9 Å². The Morgan fingerprint density at radius 3 is 2.92 bits per heavy atom. The van der Waals surface area contributed by atoms with Gasteiger partial charge in [-0.3, -0.25) is 9.69 Å². The molecule has 0 bridgehead atoms. The van der Waals surface area contributed by atoms with Gasteiger partial charge in [0.25, 0.3) is 5.91 Å². The lowest BCUT2D eigenvalue weighted by Crippen LogP contribution is -2.33. The van der Waals surface area contributed by atoms with Gasteiger partial charge >= 0.3 is 0 Å². The van der Waals surface area contributed by atoms with Gasteiger partial charge in [-0.25, -0.2) is 0 Å². The highest BCUT2D eigenvalue weighted by Crippen LogP contribution is 2.18. The van der Waals surface area contributed by atoms with Crippen LogP contribution in [0.4, 0.5) is 0 Å². The van der Waals surface area contributed by atoms with Gasteiger partial charge < -0.3 is 14.5 Å². The lowest BCUT2D eigenvalue weighted by molar-refractivity contribution is 0.0904. The first-order valence-corrected chi connectivity index (χ1v) is 9.73. The molecule has 2 aromatic rings. The Morgan fingerprint density at radius 1 is 1.32 bits per heavy atom. The zero-order valence-corrected chi connectivity index (χ0v) is 15.3. The molecule has 0 aliphatic carbocycles. The van der Waals surface area contributed by atoms with Crippen LogP contribution in [0.15, 0.2) is 47.1 Å². The van der Waals surface area contributed by atoms with Crippen molar-refractivity contribution in [1.82, 2.24) is 10.2 Å². The van der Waals surface area contributed by atoms with Crippen molar-refractivity contribution in [1.29, 1.82) is 0 Å². The molecule has 134 valence electrons. The molecule has 6 heteroatoms. The summed E-state index contributed by atoms with van der Waals surface area (Å²) in [7, 11) is 0. The molecular formula is C19H24N2O3S. The maximum Gasteiger partial charge on any atom is 0.287 e. The third-order valence-corrected chi connectivity index (χ3v) is 4.98. The van der Waals surface area contributed by atoms with Crippen molar-refractivity contribution in [2.75, 3.05) is 31.1 Å². The summed E-state index contributed by atoms with van der Waals surface area (Å²) in [6.45, 7) is 5.61. The maximum absolute atomic E-state index is 11.9. The van der Waals surface area contributed by atoms with Crippen molar-refractivity contribution in [2.24, 2.45) is 0 Å². The first-order valence-electron chi connectivity index (χ1n) is 8.58. The Balaban J connectivity index is 1.48. The summed E-state index contributed by atoms with van der Waals surface area (Å²) in [5.74, 6) is 3.35. The van der Waals surface area contributed by atoms with Crippen molar-refractivity contribution in [2.45, 2.75) is 19.6 Å². The first kappa shape index (κ1) is 17.9. The SMILES string of the molecule is C[C@H](CNC(=O)c1ccco1)Oc1cccc(CN2CCSCC2)c1. The second-order valence-corrected chi connectivity index (χ2v) is 7.38. The van der Waals surface area contributed by atoms with Crippen LogP contribution in [0.2, 0.25) is 0 Å². The van der Waals surface area contributed by atoms with Crippen LogP contribution in [0.5, 0.6) is 5.75 Å². The number of rotatable bonds is 7. The second kappa shape index (κ2) is 8.97. The zero-order chi connectivity index (χ0) is 17.5. The predicted molar refractivity (Wildman–Crippen MR) is 100 cm³/mol. The Labute approximate surface area is 152 Å². The molecule has 1 amide bonds. The predicted octanol–water partition coefficient (Wildman–Crippen LogP) is 3.03. The van der Waals surface area contributed by atoms with E-state index in [4.69, 9.17) is 9.15 Å². The van der Waals surface area contributed by atoms with Gasteiger partial charge in [0, 0.05) is 31.1 Å². The van der Waals surface area contributed by atoms with Crippen LogP contribution >= 0.6 is 11.8 Å². The monoisotopic (exact) mass is 360 g/mol. The Hall–Kier alpha value is -1.92. The minimum atomic E-state index is -0.225. The van der Waals surface area contributed by atoms with Crippen molar-refractivity contribution >= 4 is 17.7 Å². The number of hydrogen-bond donors (Lipinski definition) is 1. The van der Waals surface area contributed by atoms with Gasteiger partial charge in [0.05, 0.1) is 12.8 Å². The quantitative estimate of drug-likeness (QED) is 0.823. The Morgan fingerprint density at radius 2 is 2.16 bits per heavy atom. The molecular weight excluding hydrogens is 336 g/mol. The van der Waals surface area contributed by atoms with Crippen LogP contribution in [0.1, 0.15) is 23.0 Å². The first-order chi connectivity index (χ1) is 12.2. The number of nitrogens with one attached hydrogen (secondary N) is 1. The number of amides is 1. The molecule has 0 spiro atoms. The van der Waals surface area contributed by atoms with Crippen LogP contribution in [0.25, 0.3) is 0 Å². The smallest absolute Gasteiger partial charge is 0.287 e. The molecule has 1 fully saturated rings. The Kier molecular flexibility index (Phi) is 6.42. The summed E-state index contributed by atoms with van der Waals surface area (Å²) in [4.78, 5) is 14.3. The molecule has 3 rings (SSSR count). The second-order valence-electron chi connectivity index (χ2n) is 6.15. The molecule has 25 heavy (non-hydrogen) atoms. The average molecular weight is 360 g/mol.